The smallest absolute Gasteiger partial charge is 0.256 e. The molecule has 0 aliphatic rings. The van der Waals surface area contributed by atoms with Crippen LogP contribution in [0, 0.1) is 0 Å². The minimum absolute atomic E-state index is 0.229. The molecule has 1 aromatic carbocycles. The molecule has 0 radical (unpaired) electrons. The van der Waals surface area contributed by atoms with Crippen LogP contribution in [-0.4, -0.2) is 18.0 Å². The van der Waals surface area contributed by atoms with Gasteiger partial charge in [0.2, 0.25) is 0 Å². The number of nitrogens with zero attached hydrogens (tertiary/aromatic N) is 1. The summed E-state index contributed by atoms with van der Waals surface area (Å²) in [6.07, 6.45) is 1.48. The van der Waals surface area contributed by atoms with Crippen LogP contribution in [0.2, 0.25) is 5.02 Å². The van der Waals surface area contributed by atoms with E-state index < -0.39 is 0 Å². The van der Waals surface area contributed by atoms with E-state index in [1.54, 1.807) is 43.5 Å². The molecule has 92 valence electrons. The van der Waals surface area contributed by atoms with Gasteiger partial charge >= 0.3 is 0 Å². The van der Waals surface area contributed by atoms with E-state index in [0.717, 1.165) is 0 Å². The molecule has 0 unspecified atom stereocenters. The van der Waals surface area contributed by atoms with Crippen molar-refractivity contribution in [2.24, 2.45) is 0 Å². The number of amides is 1. The predicted octanol–water partition coefficient (Wildman–Crippen LogP) is 3.00. The van der Waals surface area contributed by atoms with Gasteiger partial charge in [0.1, 0.15) is 11.6 Å². The topological polar surface area (TPSA) is 51.2 Å². The molecule has 1 amide bonds. The molecular formula is C13H11ClN2O2. The fourth-order valence-electron chi connectivity index (χ4n) is 1.38. The molecule has 1 N–H and O–H groups in total. The summed E-state index contributed by atoms with van der Waals surface area (Å²) in [5, 5.41) is 3.20. The fraction of sp³-hybridized carbons (Fsp3) is 0.0769. The van der Waals surface area contributed by atoms with Crippen LogP contribution < -0.4 is 10.1 Å². The van der Waals surface area contributed by atoms with Gasteiger partial charge in [-0.05, 0) is 36.4 Å². The van der Waals surface area contributed by atoms with Crippen molar-refractivity contribution in [3.05, 3.63) is 53.2 Å². The van der Waals surface area contributed by atoms with Crippen LogP contribution in [0.25, 0.3) is 0 Å². The summed E-state index contributed by atoms with van der Waals surface area (Å²) in [6.45, 7) is 0. The molecule has 0 spiro atoms. The maximum absolute atomic E-state index is 11.9. The summed E-state index contributed by atoms with van der Waals surface area (Å²) >= 11 is 5.71. The molecule has 1 aromatic heterocycles. The first-order chi connectivity index (χ1) is 8.69. The highest BCUT2D eigenvalue weighted by atomic mass is 35.5. The summed E-state index contributed by atoms with van der Waals surface area (Å²) in [5.41, 5.74) is 0.535. The van der Waals surface area contributed by atoms with Crippen molar-refractivity contribution in [3.63, 3.8) is 0 Å². The molecule has 0 bridgehead atoms. The van der Waals surface area contributed by atoms with Gasteiger partial charge < -0.3 is 10.1 Å². The largest absolute Gasteiger partial charge is 0.497 e. The van der Waals surface area contributed by atoms with Crippen LogP contribution in [0.15, 0.2) is 42.6 Å². The van der Waals surface area contributed by atoms with Crippen molar-refractivity contribution >= 4 is 23.3 Å². The highest BCUT2D eigenvalue weighted by Crippen LogP contribution is 2.14. The van der Waals surface area contributed by atoms with Crippen LogP contribution in [0.1, 0.15) is 10.4 Å². The zero-order valence-corrected chi connectivity index (χ0v) is 10.4. The van der Waals surface area contributed by atoms with Gasteiger partial charge in [0, 0.05) is 11.8 Å². The van der Waals surface area contributed by atoms with Crippen molar-refractivity contribution in [3.8, 4) is 5.75 Å². The van der Waals surface area contributed by atoms with Gasteiger partial charge in [-0.25, -0.2) is 4.98 Å². The summed E-state index contributed by atoms with van der Waals surface area (Å²) in [4.78, 5) is 15.9. The van der Waals surface area contributed by atoms with Crippen LogP contribution in [-0.2, 0) is 0 Å². The van der Waals surface area contributed by atoms with Crippen molar-refractivity contribution < 1.29 is 9.53 Å². The first-order valence-electron chi connectivity index (χ1n) is 5.26. The second-order valence-electron chi connectivity index (χ2n) is 3.54. The molecule has 5 heteroatoms. The van der Waals surface area contributed by atoms with E-state index in [2.05, 4.69) is 10.3 Å². The number of hydrogen-bond acceptors (Lipinski definition) is 3. The Kier molecular flexibility index (Phi) is 3.79. The maximum atomic E-state index is 11.9. The minimum atomic E-state index is -0.229. The number of benzene rings is 1. The molecule has 0 aliphatic heterocycles. The lowest BCUT2D eigenvalue weighted by Gasteiger charge is -2.05. The van der Waals surface area contributed by atoms with Crippen LogP contribution in [0.5, 0.6) is 5.75 Å². The number of aromatic nitrogens is 1. The van der Waals surface area contributed by atoms with Gasteiger partial charge in [0.25, 0.3) is 5.91 Å². The third-order valence-electron chi connectivity index (χ3n) is 2.32. The average Bonchev–Trinajstić information content (AvgIpc) is 2.41. The lowest BCUT2D eigenvalue weighted by Crippen LogP contribution is -2.12. The lowest BCUT2D eigenvalue weighted by atomic mass is 10.2. The molecule has 0 saturated carbocycles. The first-order valence-corrected chi connectivity index (χ1v) is 5.64. The standard InChI is InChI=1S/C13H11ClN2O2/c1-18-11-5-2-9(3-6-11)13(17)16-12-7-4-10(14)8-15-12/h2-8H,1H3,(H,15,16,17). The van der Waals surface area contributed by atoms with Gasteiger partial charge in [0.15, 0.2) is 0 Å². The molecule has 18 heavy (non-hydrogen) atoms. The first kappa shape index (κ1) is 12.4. The van der Waals surface area contributed by atoms with Gasteiger partial charge in [0.05, 0.1) is 12.1 Å². The van der Waals surface area contributed by atoms with Gasteiger partial charge in [-0.15, -0.1) is 0 Å². The Hall–Kier alpha value is -2.07. The summed E-state index contributed by atoms with van der Waals surface area (Å²) < 4.78 is 5.02. The number of ether oxygens (including phenoxy) is 1. The SMILES string of the molecule is COc1ccc(C(=O)Nc2ccc(Cl)cn2)cc1. The summed E-state index contributed by atoms with van der Waals surface area (Å²) in [7, 11) is 1.58. The molecule has 0 fully saturated rings. The normalized spacial score (nSPS) is 9.89. The number of anilines is 1. The quantitative estimate of drug-likeness (QED) is 0.925. The van der Waals surface area contributed by atoms with E-state index in [9.17, 15) is 4.79 Å². The van der Waals surface area contributed by atoms with Crippen molar-refractivity contribution in [2.45, 2.75) is 0 Å². The Morgan fingerprint density at radius 3 is 2.50 bits per heavy atom. The fourth-order valence-corrected chi connectivity index (χ4v) is 1.49. The Labute approximate surface area is 110 Å². The molecule has 0 aliphatic carbocycles. The third kappa shape index (κ3) is 2.99. The molecule has 0 saturated heterocycles. The highest BCUT2D eigenvalue weighted by molar-refractivity contribution is 6.30. The monoisotopic (exact) mass is 262 g/mol. The Bertz CT molecular complexity index is 538. The lowest BCUT2D eigenvalue weighted by molar-refractivity contribution is 0.102. The second-order valence-corrected chi connectivity index (χ2v) is 3.98. The molecule has 0 atom stereocenters. The number of nitrogens with one attached hydrogen (secondary N) is 1. The van der Waals surface area contributed by atoms with Crippen LogP contribution >= 0.6 is 11.6 Å². The number of halogens is 1. The summed E-state index contributed by atoms with van der Waals surface area (Å²) in [5.74, 6) is 0.934. The van der Waals surface area contributed by atoms with Crippen molar-refractivity contribution in [1.82, 2.24) is 4.98 Å². The zero-order valence-electron chi connectivity index (χ0n) is 9.68. The molecule has 4 nitrogen and oxygen atoms in total. The van der Waals surface area contributed by atoms with E-state index >= 15 is 0 Å². The average molecular weight is 263 g/mol. The van der Waals surface area contributed by atoms with Gasteiger partial charge in [-0.1, -0.05) is 11.6 Å². The number of hydrogen-bond donors (Lipinski definition) is 1. The highest BCUT2D eigenvalue weighted by Gasteiger charge is 2.06. The van der Waals surface area contributed by atoms with E-state index in [1.807, 2.05) is 0 Å². The number of carbonyl (C=O) groups is 1. The Morgan fingerprint density at radius 2 is 1.94 bits per heavy atom. The maximum Gasteiger partial charge on any atom is 0.256 e. The number of carbonyl (C=O) groups excluding carboxylic acids is 1. The molecule has 2 rings (SSSR count). The number of rotatable bonds is 3. The summed E-state index contributed by atoms with van der Waals surface area (Å²) in [6, 6.07) is 10.1. The zero-order chi connectivity index (χ0) is 13.0. The Balaban J connectivity index is 2.09. The van der Waals surface area contributed by atoms with Crippen molar-refractivity contribution in [2.75, 3.05) is 12.4 Å². The van der Waals surface area contributed by atoms with E-state index in [1.165, 1.54) is 6.20 Å². The Morgan fingerprint density at radius 1 is 1.22 bits per heavy atom. The van der Waals surface area contributed by atoms with Crippen LogP contribution in [0.3, 0.4) is 0 Å². The van der Waals surface area contributed by atoms with Crippen molar-refractivity contribution in [1.29, 1.82) is 0 Å². The molecule has 1 heterocycles. The second kappa shape index (κ2) is 5.51. The van der Waals surface area contributed by atoms with Gasteiger partial charge in [-0.3, -0.25) is 4.79 Å². The third-order valence-corrected chi connectivity index (χ3v) is 2.54. The van der Waals surface area contributed by atoms with E-state index in [0.29, 0.717) is 22.2 Å². The molecular weight excluding hydrogens is 252 g/mol. The van der Waals surface area contributed by atoms with E-state index in [4.69, 9.17) is 16.3 Å². The number of methoxy groups -OCH3 is 1. The molecule has 2 aromatic rings. The number of pyridine rings is 1. The minimum Gasteiger partial charge on any atom is -0.497 e. The van der Waals surface area contributed by atoms with Crippen LogP contribution in [0.4, 0.5) is 5.82 Å². The van der Waals surface area contributed by atoms with E-state index in [-0.39, 0.29) is 5.91 Å². The van der Waals surface area contributed by atoms with Gasteiger partial charge in [-0.2, -0.15) is 0 Å². The predicted molar refractivity (Wildman–Crippen MR) is 70.2 cm³/mol.